The highest BCUT2D eigenvalue weighted by molar-refractivity contribution is 7.89. The van der Waals surface area contributed by atoms with Crippen molar-refractivity contribution in [3.8, 4) is 5.75 Å². The summed E-state index contributed by atoms with van der Waals surface area (Å²) >= 11 is 0. The van der Waals surface area contributed by atoms with E-state index in [0.29, 0.717) is 36.6 Å². The molecule has 4 rings (SSSR count). The Bertz CT molecular complexity index is 1610. The summed E-state index contributed by atoms with van der Waals surface area (Å²) in [6, 6.07) is 22.7. The summed E-state index contributed by atoms with van der Waals surface area (Å²) in [5.74, 6) is -0.336. The van der Waals surface area contributed by atoms with Gasteiger partial charge in [0.25, 0.3) is 11.8 Å². The van der Waals surface area contributed by atoms with Crippen LogP contribution in [0.4, 0.5) is 0 Å². The highest BCUT2D eigenvalue weighted by atomic mass is 32.2. The lowest BCUT2D eigenvalue weighted by Crippen LogP contribution is -2.40. The van der Waals surface area contributed by atoms with Gasteiger partial charge in [-0.05, 0) is 53.6 Å². The number of para-hydroxylation sites is 1. The van der Waals surface area contributed by atoms with Gasteiger partial charge in [0.15, 0.2) is 0 Å². The zero-order valence-electron chi connectivity index (χ0n) is 22.2. The van der Waals surface area contributed by atoms with Crippen LogP contribution in [0.3, 0.4) is 0 Å². The summed E-state index contributed by atoms with van der Waals surface area (Å²) in [6.45, 7) is 4.64. The van der Waals surface area contributed by atoms with E-state index < -0.39 is 21.8 Å². The van der Waals surface area contributed by atoms with Gasteiger partial charge in [-0.3, -0.25) is 25.4 Å². The van der Waals surface area contributed by atoms with Crippen molar-refractivity contribution in [3.63, 3.8) is 0 Å². The fourth-order valence-corrected chi connectivity index (χ4v) is 5.43. The quantitative estimate of drug-likeness (QED) is 0.221. The maximum absolute atomic E-state index is 12.6. The predicted molar refractivity (Wildman–Crippen MR) is 154 cm³/mol. The van der Waals surface area contributed by atoms with Gasteiger partial charge in [-0.15, -0.1) is 0 Å². The molecule has 0 unspecified atom stereocenters. The lowest BCUT2D eigenvalue weighted by atomic mass is 10.1. The first kappa shape index (κ1) is 28.5. The minimum atomic E-state index is -3.55. The molecule has 40 heavy (non-hydrogen) atoms. The van der Waals surface area contributed by atoms with Crippen molar-refractivity contribution in [2.24, 2.45) is 0 Å². The number of carbonyl (C=O) groups is 2. The van der Waals surface area contributed by atoms with Crippen LogP contribution < -0.4 is 15.6 Å². The summed E-state index contributed by atoms with van der Waals surface area (Å²) in [6.07, 6.45) is 4.49. The molecule has 0 bridgehead atoms. The number of ether oxygens (including phenoxy) is 1. The molecule has 0 saturated heterocycles. The number of amides is 2. The van der Waals surface area contributed by atoms with Gasteiger partial charge in [-0.25, -0.2) is 8.42 Å². The number of rotatable bonds is 10. The van der Waals surface area contributed by atoms with Crippen molar-refractivity contribution in [2.45, 2.75) is 25.3 Å². The topological polar surface area (TPSA) is 118 Å². The van der Waals surface area contributed by atoms with Crippen molar-refractivity contribution >= 4 is 38.8 Å². The molecule has 3 aromatic carbocycles. The van der Waals surface area contributed by atoms with Crippen molar-refractivity contribution in [1.82, 2.24) is 20.1 Å². The monoisotopic (exact) mass is 558 g/mol. The van der Waals surface area contributed by atoms with Crippen molar-refractivity contribution in [3.05, 3.63) is 108 Å². The molecule has 10 heteroatoms. The van der Waals surface area contributed by atoms with Crippen molar-refractivity contribution in [1.29, 1.82) is 0 Å². The number of hydrogen-bond acceptors (Lipinski definition) is 6. The second-order valence-corrected chi connectivity index (χ2v) is 10.7. The van der Waals surface area contributed by atoms with Gasteiger partial charge in [0.05, 0.1) is 4.90 Å². The number of aromatic nitrogens is 1. The van der Waals surface area contributed by atoms with Crippen LogP contribution in [0.2, 0.25) is 0 Å². The number of sulfonamides is 1. The Morgan fingerprint density at radius 1 is 0.900 bits per heavy atom. The molecule has 0 radical (unpaired) electrons. The average Bonchev–Trinajstić information content (AvgIpc) is 2.98. The van der Waals surface area contributed by atoms with Gasteiger partial charge in [0, 0.05) is 36.3 Å². The summed E-state index contributed by atoms with van der Waals surface area (Å²) in [4.78, 5) is 29.2. The molecule has 2 N–H and O–H groups in total. The summed E-state index contributed by atoms with van der Waals surface area (Å²) in [7, 11) is -3.55. The van der Waals surface area contributed by atoms with E-state index in [1.54, 1.807) is 56.4 Å². The van der Waals surface area contributed by atoms with E-state index >= 15 is 0 Å². The number of carbonyl (C=O) groups excluding carboxylic acids is 2. The Hall–Kier alpha value is -4.54. The van der Waals surface area contributed by atoms with E-state index in [1.807, 2.05) is 30.3 Å². The lowest BCUT2D eigenvalue weighted by molar-refractivity contribution is -0.117. The van der Waals surface area contributed by atoms with Gasteiger partial charge >= 0.3 is 0 Å². The Morgan fingerprint density at radius 2 is 1.60 bits per heavy atom. The molecule has 4 aromatic rings. The van der Waals surface area contributed by atoms with Crippen LogP contribution >= 0.6 is 0 Å². The molecular formula is C30H30N4O5S. The van der Waals surface area contributed by atoms with Gasteiger partial charge in [-0.1, -0.05) is 56.3 Å². The molecule has 1 heterocycles. The number of pyridine rings is 1. The number of benzene rings is 3. The lowest BCUT2D eigenvalue weighted by Gasteiger charge is -2.18. The van der Waals surface area contributed by atoms with E-state index in [2.05, 4.69) is 15.8 Å². The maximum atomic E-state index is 12.6. The minimum absolute atomic E-state index is 0.188. The van der Waals surface area contributed by atoms with E-state index in [9.17, 15) is 18.0 Å². The first-order valence-electron chi connectivity index (χ1n) is 12.8. The molecule has 206 valence electrons. The van der Waals surface area contributed by atoms with Crippen LogP contribution in [0, 0.1) is 0 Å². The van der Waals surface area contributed by atoms with Gasteiger partial charge in [0.2, 0.25) is 10.0 Å². The van der Waals surface area contributed by atoms with Gasteiger partial charge in [0.1, 0.15) is 17.9 Å². The summed E-state index contributed by atoms with van der Waals surface area (Å²) in [5, 5.41) is 0.989. The van der Waals surface area contributed by atoms with Crippen molar-refractivity contribution < 1.29 is 22.7 Å². The normalized spacial score (nSPS) is 11.6. The second-order valence-electron chi connectivity index (χ2n) is 8.75. The van der Waals surface area contributed by atoms with Crippen LogP contribution in [0.5, 0.6) is 5.75 Å². The maximum Gasteiger partial charge on any atom is 0.269 e. The molecule has 0 fully saturated rings. The van der Waals surface area contributed by atoms with E-state index in [0.717, 1.165) is 16.5 Å². The second kappa shape index (κ2) is 13.0. The molecule has 0 spiro atoms. The molecular weight excluding hydrogens is 528 g/mol. The van der Waals surface area contributed by atoms with Crippen LogP contribution in [0.25, 0.3) is 17.0 Å². The molecule has 0 saturated carbocycles. The highest BCUT2D eigenvalue weighted by Gasteiger charge is 2.21. The standard InChI is InChI=1S/C30H30N4O5S/c1-3-34(4-2)40(37,38)26-17-12-22(13-18-26)14-19-28(35)32-33-30(36)25-15-10-23(11-16-25)21-39-27-9-5-7-24-8-6-20-31-29(24)27/h5-20H,3-4,21H2,1-2H3,(H,32,35)(H,33,36)/b19-14+. The van der Waals surface area contributed by atoms with Crippen LogP contribution in [0.1, 0.15) is 35.3 Å². The Balaban J connectivity index is 1.27. The number of fused-ring (bicyclic) bond motifs is 1. The van der Waals surface area contributed by atoms with Crippen LogP contribution in [-0.4, -0.2) is 42.6 Å². The van der Waals surface area contributed by atoms with Gasteiger partial charge < -0.3 is 4.74 Å². The molecule has 2 amide bonds. The van der Waals surface area contributed by atoms with E-state index in [1.165, 1.54) is 28.6 Å². The fraction of sp³-hybridized carbons (Fsp3) is 0.167. The molecule has 0 atom stereocenters. The third-order valence-corrected chi connectivity index (χ3v) is 8.22. The Labute approximate surface area is 233 Å². The minimum Gasteiger partial charge on any atom is -0.487 e. The Kier molecular flexibility index (Phi) is 9.26. The van der Waals surface area contributed by atoms with Crippen molar-refractivity contribution in [2.75, 3.05) is 13.1 Å². The zero-order chi connectivity index (χ0) is 28.5. The molecule has 0 aliphatic carbocycles. The smallest absolute Gasteiger partial charge is 0.269 e. The molecule has 1 aromatic heterocycles. The number of nitrogens with one attached hydrogen (secondary N) is 2. The van der Waals surface area contributed by atoms with E-state index in [4.69, 9.17) is 4.74 Å². The average molecular weight is 559 g/mol. The van der Waals surface area contributed by atoms with E-state index in [-0.39, 0.29) is 4.90 Å². The number of hydrogen-bond donors (Lipinski definition) is 2. The molecule has 0 aliphatic heterocycles. The largest absolute Gasteiger partial charge is 0.487 e. The predicted octanol–water partition coefficient (Wildman–Crippen LogP) is 4.32. The Morgan fingerprint density at radius 3 is 2.30 bits per heavy atom. The first-order chi connectivity index (χ1) is 19.3. The van der Waals surface area contributed by atoms with Gasteiger partial charge in [-0.2, -0.15) is 4.31 Å². The van der Waals surface area contributed by atoms with Crippen LogP contribution in [-0.2, 0) is 21.4 Å². The first-order valence-corrected chi connectivity index (χ1v) is 14.2. The highest BCUT2D eigenvalue weighted by Crippen LogP contribution is 2.24. The third kappa shape index (κ3) is 6.90. The molecule has 9 nitrogen and oxygen atoms in total. The number of hydrazine groups is 1. The zero-order valence-corrected chi connectivity index (χ0v) is 23.0. The fourth-order valence-electron chi connectivity index (χ4n) is 3.97. The molecule has 0 aliphatic rings. The number of nitrogens with zero attached hydrogens (tertiary/aromatic N) is 2. The summed E-state index contributed by atoms with van der Waals surface area (Å²) < 4.78 is 32.5. The van der Waals surface area contributed by atoms with Crippen LogP contribution in [0.15, 0.2) is 96.0 Å². The summed E-state index contributed by atoms with van der Waals surface area (Å²) in [5.41, 5.74) is 7.36. The SMILES string of the molecule is CCN(CC)S(=O)(=O)c1ccc(/C=C/C(=O)NNC(=O)c2ccc(COc3cccc4cccnc34)cc2)cc1. The third-order valence-electron chi connectivity index (χ3n) is 6.16.